The summed E-state index contributed by atoms with van der Waals surface area (Å²) in [5.74, 6) is -0.0187. The average Bonchev–Trinajstić information content (AvgIpc) is 3.25. The first-order valence-corrected chi connectivity index (χ1v) is 11.5. The summed E-state index contributed by atoms with van der Waals surface area (Å²) in [6.07, 6.45) is 2.02. The lowest BCUT2D eigenvalue weighted by Crippen LogP contribution is -2.32. The molecule has 2 aromatic heterocycles. The highest BCUT2D eigenvalue weighted by molar-refractivity contribution is 7.22. The van der Waals surface area contributed by atoms with Gasteiger partial charge in [-0.3, -0.25) is 14.7 Å². The van der Waals surface area contributed by atoms with Crippen LogP contribution in [-0.4, -0.2) is 15.9 Å². The first-order valence-electron chi connectivity index (χ1n) is 10.3. The third-order valence-electron chi connectivity index (χ3n) is 5.54. The zero-order chi connectivity index (χ0) is 22.1. The lowest BCUT2D eigenvalue weighted by molar-refractivity contribution is -0.118. The molecule has 5 rings (SSSR count). The van der Waals surface area contributed by atoms with Gasteiger partial charge in [0.05, 0.1) is 28.9 Å². The Bertz CT molecular complexity index is 1430. The molecule has 4 nitrogen and oxygen atoms in total. The highest BCUT2D eigenvalue weighted by atomic mass is 35.5. The van der Waals surface area contributed by atoms with Crippen LogP contribution in [0.2, 0.25) is 5.02 Å². The van der Waals surface area contributed by atoms with Crippen molar-refractivity contribution in [3.05, 3.63) is 101 Å². The number of rotatable bonds is 5. The summed E-state index contributed by atoms with van der Waals surface area (Å²) in [5, 5.41) is 3.54. The molecule has 0 bridgehead atoms. The highest BCUT2D eigenvalue weighted by Crippen LogP contribution is 2.34. The lowest BCUT2D eigenvalue weighted by Gasteiger charge is -2.20. The molecule has 0 radical (unpaired) electrons. The fourth-order valence-corrected chi connectivity index (χ4v) is 5.02. The Morgan fingerprint density at radius 2 is 1.81 bits per heavy atom. The molecule has 0 saturated carbocycles. The van der Waals surface area contributed by atoms with Crippen molar-refractivity contribution in [3.63, 3.8) is 0 Å². The van der Waals surface area contributed by atoms with E-state index in [9.17, 15) is 4.79 Å². The maximum atomic E-state index is 13.6. The van der Waals surface area contributed by atoms with Crippen molar-refractivity contribution < 1.29 is 4.79 Å². The normalized spacial score (nSPS) is 11.2. The topological polar surface area (TPSA) is 46.1 Å². The number of carbonyl (C=O) groups excluding carboxylic acids is 1. The first kappa shape index (κ1) is 20.6. The molecular weight excluding hydrogens is 438 g/mol. The minimum absolute atomic E-state index is 0.0187. The summed E-state index contributed by atoms with van der Waals surface area (Å²) >= 11 is 7.80. The fraction of sp³-hybridized carbons (Fsp3) is 0.115. The number of aryl methyl sites for hydroxylation is 1. The van der Waals surface area contributed by atoms with Crippen LogP contribution in [0.15, 0.2) is 79.0 Å². The zero-order valence-corrected chi connectivity index (χ0v) is 19.0. The Kier molecular flexibility index (Phi) is 5.60. The quantitative estimate of drug-likeness (QED) is 0.299. The molecule has 0 atom stereocenters. The van der Waals surface area contributed by atoms with Gasteiger partial charge in [0, 0.05) is 11.2 Å². The third kappa shape index (κ3) is 3.97. The van der Waals surface area contributed by atoms with Gasteiger partial charge in [0.15, 0.2) is 5.13 Å². The summed E-state index contributed by atoms with van der Waals surface area (Å²) in [7, 11) is 0. The van der Waals surface area contributed by atoms with E-state index in [1.807, 2.05) is 61.5 Å². The molecule has 0 fully saturated rings. The first-order chi connectivity index (χ1) is 15.6. The third-order valence-corrected chi connectivity index (χ3v) is 6.99. The van der Waals surface area contributed by atoms with Crippen LogP contribution in [0, 0.1) is 6.92 Å². The molecule has 2 heterocycles. The second-order valence-electron chi connectivity index (χ2n) is 7.63. The van der Waals surface area contributed by atoms with E-state index in [1.165, 1.54) is 11.3 Å². The van der Waals surface area contributed by atoms with Crippen LogP contribution in [0.1, 0.15) is 16.8 Å². The Morgan fingerprint density at radius 1 is 1.00 bits per heavy atom. The monoisotopic (exact) mass is 457 g/mol. The lowest BCUT2D eigenvalue weighted by atomic mass is 10.0. The van der Waals surface area contributed by atoms with Gasteiger partial charge in [-0.15, -0.1) is 0 Å². The van der Waals surface area contributed by atoms with Crippen LogP contribution in [0.25, 0.3) is 21.0 Å². The molecule has 3 aromatic carbocycles. The van der Waals surface area contributed by atoms with Crippen molar-refractivity contribution in [3.8, 4) is 0 Å². The number of pyridine rings is 1. The van der Waals surface area contributed by atoms with Crippen molar-refractivity contribution in [2.75, 3.05) is 4.90 Å². The molecule has 6 heteroatoms. The molecule has 0 aliphatic rings. The Hall–Kier alpha value is -3.28. The summed E-state index contributed by atoms with van der Waals surface area (Å²) in [5.41, 5.74) is 3.57. The molecule has 0 unspecified atom stereocenters. The average molecular weight is 458 g/mol. The van der Waals surface area contributed by atoms with E-state index in [0.717, 1.165) is 37.8 Å². The molecule has 32 heavy (non-hydrogen) atoms. The maximum Gasteiger partial charge on any atom is 0.233 e. The van der Waals surface area contributed by atoms with Gasteiger partial charge in [-0.25, -0.2) is 4.98 Å². The minimum Gasteiger partial charge on any atom is -0.282 e. The predicted octanol–water partition coefficient (Wildman–Crippen LogP) is 6.58. The Balaban J connectivity index is 1.55. The molecule has 158 valence electrons. The molecule has 0 spiro atoms. The summed E-state index contributed by atoms with van der Waals surface area (Å²) < 4.78 is 1.01. The van der Waals surface area contributed by atoms with E-state index in [0.29, 0.717) is 16.7 Å². The Labute approximate surface area is 195 Å². The van der Waals surface area contributed by atoms with Gasteiger partial charge in [0.2, 0.25) is 5.91 Å². The molecule has 0 saturated heterocycles. The second-order valence-corrected chi connectivity index (χ2v) is 9.05. The van der Waals surface area contributed by atoms with Gasteiger partial charge >= 0.3 is 0 Å². The number of anilines is 1. The molecule has 5 aromatic rings. The maximum absolute atomic E-state index is 13.6. The summed E-state index contributed by atoms with van der Waals surface area (Å²) in [6.45, 7) is 2.31. The molecule has 0 aliphatic carbocycles. The number of hydrogen-bond acceptors (Lipinski definition) is 4. The van der Waals surface area contributed by atoms with E-state index >= 15 is 0 Å². The van der Waals surface area contributed by atoms with Crippen LogP contribution < -0.4 is 4.90 Å². The van der Waals surface area contributed by atoms with Gasteiger partial charge in [-0.1, -0.05) is 71.5 Å². The van der Waals surface area contributed by atoms with Crippen molar-refractivity contribution in [2.45, 2.75) is 19.9 Å². The number of nitrogens with zero attached hydrogens (tertiary/aromatic N) is 3. The number of thiazole rings is 1. The number of hydrogen-bond donors (Lipinski definition) is 0. The molecule has 0 N–H and O–H groups in total. The Morgan fingerprint density at radius 3 is 2.66 bits per heavy atom. The molecule has 0 aliphatic heterocycles. The van der Waals surface area contributed by atoms with Gasteiger partial charge in [-0.2, -0.15) is 0 Å². The highest BCUT2D eigenvalue weighted by Gasteiger charge is 2.22. The largest absolute Gasteiger partial charge is 0.282 e. The van der Waals surface area contributed by atoms with Crippen molar-refractivity contribution in [1.82, 2.24) is 9.97 Å². The minimum atomic E-state index is -0.0187. The fourth-order valence-electron chi connectivity index (χ4n) is 3.83. The van der Waals surface area contributed by atoms with Gasteiger partial charge < -0.3 is 0 Å². The van der Waals surface area contributed by atoms with E-state index in [-0.39, 0.29) is 12.3 Å². The van der Waals surface area contributed by atoms with E-state index < -0.39 is 0 Å². The summed E-state index contributed by atoms with van der Waals surface area (Å²) in [6, 6.07) is 23.8. The van der Waals surface area contributed by atoms with Crippen LogP contribution in [-0.2, 0) is 17.8 Å². The van der Waals surface area contributed by atoms with Gasteiger partial charge in [0.25, 0.3) is 0 Å². The van der Waals surface area contributed by atoms with Crippen LogP contribution >= 0.6 is 22.9 Å². The van der Waals surface area contributed by atoms with Crippen LogP contribution in [0.3, 0.4) is 0 Å². The van der Waals surface area contributed by atoms with E-state index in [2.05, 4.69) is 23.2 Å². The number of fused-ring (bicyclic) bond motifs is 2. The van der Waals surface area contributed by atoms with Gasteiger partial charge in [-0.05, 0) is 53.1 Å². The van der Waals surface area contributed by atoms with E-state index in [1.54, 1.807) is 11.1 Å². The smallest absolute Gasteiger partial charge is 0.233 e. The molecule has 1 amide bonds. The van der Waals surface area contributed by atoms with Crippen LogP contribution in [0.4, 0.5) is 5.13 Å². The SMILES string of the molecule is Cc1c(Cl)ccc2sc(N(Cc3ccccn3)C(=O)Cc3cccc4ccccc34)nc12. The number of aromatic nitrogens is 2. The standard InChI is InChI=1S/C26H20ClN3OS/c1-17-22(27)12-13-23-25(17)29-26(32-23)30(16-20-10-4-5-14-28-20)24(31)15-19-9-6-8-18-7-2-3-11-21(18)19/h2-14H,15-16H2,1H3. The zero-order valence-electron chi connectivity index (χ0n) is 17.5. The number of carbonyl (C=O) groups is 1. The number of amides is 1. The van der Waals surface area contributed by atoms with Crippen LogP contribution in [0.5, 0.6) is 0 Å². The van der Waals surface area contributed by atoms with Gasteiger partial charge in [0.1, 0.15) is 0 Å². The second kappa shape index (κ2) is 8.69. The van der Waals surface area contributed by atoms with Crippen molar-refractivity contribution >= 4 is 55.0 Å². The number of benzene rings is 3. The van der Waals surface area contributed by atoms with E-state index in [4.69, 9.17) is 16.6 Å². The summed E-state index contributed by atoms with van der Waals surface area (Å²) in [4.78, 5) is 24.6. The van der Waals surface area contributed by atoms with Crippen molar-refractivity contribution in [2.24, 2.45) is 0 Å². The number of halogens is 1. The van der Waals surface area contributed by atoms with Crippen molar-refractivity contribution in [1.29, 1.82) is 0 Å². The predicted molar refractivity (Wildman–Crippen MR) is 132 cm³/mol. The molecular formula is C26H20ClN3OS.